The zero-order valence-electron chi connectivity index (χ0n) is 19.2. The molecule has 33 heavy (non-hydrogen) atoms. The zero-order valence-corrected chi connectivity index (χ0v) is 20.0. The van der Waals surface area contributed by atoms with Crippen LogP contribution in [-0.2, 0) is 21.4 Å². The Labute approximate surface area is 197 Å². The number of nitrogens with one attached hydrogen (secondary N) is 1. The molecule has 8 nitrogen and oxygen atoms in total. The van der Waals surface area contributed by atoms with Gasteiger partial charge in [0.15, 0.2) is 0 Å². The molecular weight excluding hydrogens is 438 g/mol. The fraction of sp³-hybridized carbons (Fsp3) is 0.583. The third kappa shape index (κ3) is 6.43. The molecule has 0 spiro atoms. The van der Waals surface area contributed by atoms with E-state index in [1.807, 2.05) is 34.0 Å². The lowest BCUT2D eigenvalue weighted by Gasteiger charge is -2.33. The van der Waals surface area contributed by atoms with Crippen LogP contribution in [0.3, 0.4) is 0 Å². The summed E-state index contributed by atoms with van der Waals surface area (Å²) in [7, 11) is -3.50. The quantitative estimate of drug-likeness (QED) is 0.565. The number of piperazine rings is 1. The van der Waals surface area contributed by atoms with E-state index in [9.17, 15) is 13.2 Å². The first-order valence-corrected chi connectivity index (χ1v) is 13.5. The molecule has 1 aromatic carbocycles. The van der Waals surface area contributed by atoms with E-state index in [4.69, 9.17) is 0 Å². The Morgan fingerprint density at radius 1 is 1.03 bits per heavy atom. The number of carbonyl (C=O) groups is 1. The summed E-state index contributed by atoms with van der Waals surface area (Å²) in [6, 6.07) is 9.40. The van der Waals surface area contributed by atoms with Crippen LogP contribution >= 0.6 is 0 Å². The smallest absolute Gasteiger partial charge is 0.243 e. The van der Waals surface area contributed by atoms with Crippen molar-refractivity contribution in [3.63, 3.8) is 0 Å². The molecular formula is C24H35N5O3S. The SMILES string of the molecule is O=C(CN1CCN(S(=O)(=O)c2ccc(C3CCCCC3)cc2)CC1)NCCCn1cccn1. The van der Waals surface area contributed by atoms with Crippen molar-refractivity contribution in [2.24, 2.45) is 0 Å². The second-order valence-electron chi connectivity index (χ2n) is 9.06. The maximum Gasteiger partial charge on any atom is 0.243 e. The lowest BCUT2D eigenvalue weighted by molar-refractivity contribution is -0.122. The molecule has 0 bridgehead atoms. The molecule has 180 valence electrons. The summed E-state index contributed by atoms with van der Waals surface area (Å²) >= 11 is 0. The van der Waals surface area contributed by atoms with Gasteiger partial charge in [0.25, 0.3) is 0 Å². The van der Waals surface area contributed by atoms with Crippen LogP contribution in [0.5, 0.6) is 0 Å². The number of aromatic nitrogens is 2. The van der Waals surface area contributed by atoms with Gasteiger partial charge in [0, 0.05) is 51.7 Å². The topological polar surface area (TPSA) is 87.5 Å². The Balaban J connectivity index is 1.21. The lowest BCUT2D eigenvalue weighted by atomic mass is 9.84. The number of amides is 1. The van der Waals surface area contributed by atoms with Crippen LogP contribution in [0.15, 0.2) is 47.6 Å². The van der Waals surface area contributed by atoms with Gasteiger partial charge in [0.2, 0.25) is 15.9 Å². The molecule has 2 fully saturated rings. The van der Waals surface area contributed by atoms with Gasteiger partial charge in [-0.3, -0.25) is 14.4 Å². The standard InChI is InChI=1S/C24H35N5O3S/c30-24(25-12-4-14-28-15-5-13-26-28)20-27-16-18-29(19-17-27)33(31,32)23-10-8-22(9-11-23)21-6-2-1-3-7-21/h5,8-11,13,15,21H,1-4,6-7,12,14,16-20H2,(H,25,30). The second-order valence-corrected chi connectivity index (χ2v) is 11.0. The van der Waals surface area contributed by atoms with Crippen molar-refractivity contribution in [3.05, 3.63) is 48.3 Å². The predicted molar refractivity (Wildman–Crippen MR) is 127 cm³/mol. The molecule has 1 aliphatic carbocycles. The number of nitrogens with zero attached hydrogens (tertiary/aromatic N) is 4. The normalized spacial score (nSPS) is 18.9. The van der Waals surface area contributed by atoms with Crippen molar-refractivity contribution in [2.75, 3.05) is 39.3 Å². The van der Waals surface area contributed by atoms with Crippen LogP contribution < -0.4 is 5.32 Å². The fourth-order valence-electron chi connectivity index (χ4n) is 4.79. The zero-order chi connectivity index (χ0) is 23.1. The van der Waals surface area contributed by atoms with Crippen LogP contribution in [0.1, 0.15) is 50.0 Å². The van der Waals surface area contributed by atoms with E-state index >= 15 is 0 Å². The molecule has 2 aromatic rings. The molecule has 2 heterocycles. The highest BCUT2D eigenvalue weighted by Crippen LogP contribution is 2.33. The number of hydrogen-bond acceptors (Lipinski definition) is 5. The number of hydrogen-bond donors (Lipinski definition) is 1. The van der Waals surface area contributed by atoms with Gasteiger partial charge in [-0.25, -0.2) is 8.42 Å². The minimum Gasteiger partial charge on any atom is -0.355 e. The van der Waals surface area contributed by atoms with Gasteiger partial charge in [-0.2, -0.15) is 9.40 Å². The Hall–Kier alpha value is -2.23. The summed E-state index contributed by atoms with van der Waals surface area (Å²) in [5, 5.41) is 7.08. The predicted octanol–water partition coefficient (Wildman–Crippen LogP) is 2.44. The summed E-state index contributed by atoms with van der Waals surface area (Å²) in [4.78, 5) is 14.6. The summed E-state index contributed by atoms with van der Waals surface area (Å²) in [5.74, 6) is 0.542. The maximum atomic E-state index is 13.1. The van der Waals surface area contributed by atoms with Crippen LogP contribution in [0.2, 0.25) is 0 Å². The van der Waals surface area contributed by atoms with E-state index in [1.54, 1.807) is 22.6 Å². The highest BCUT2D eigenvalue weighted by atomic mass is 32.2. The van der Waals surface area contributed by atoms with Gasteiger partial charge in [-0.15, -0.1) is 0 Å². The summed E-state index contributed by atoms with van der Waals surface area (Å²) in [6.07, 6.45) is 10.7. The van der Waals surface area contributed by atoms with Crippen molar-refractivity contribution in [1.82, 2.24) is 24.3 Å². The molecule has 1 N–H and O–H groups in total. The van der Waals surface area contributed by atoms with E-state index in [0.29, 0.717) is 50.1 Å². The Morgan fingerprint density at radius 3 is 2.42 bits per heavy atom. The summed E-state index contributed by atoms with van der Waals surface area (Å²) in [6.45, 7) is 3.58. The van der Waals surface area contributed by atoms with Crippen molar-refractivity contribution in [2.45, 2.75) is 55.9 Å². The number of carbonyl (C=O) groups excluding carboxylic acids is 1. The molecule has 0 atom stereocenters. The van der Waals surface area contributed by atoms with E-state index in [-0.39, 0.29) is 5.91 Å². The van der Waals surface area contributed by atoms with Crippen LogP contribution in [-0.4, -0.2) is 72.6 Å². The summed E-state index contributed by atoms with van der Waals surface area (Å²) < 4.78 is 29.6. The van der Waals surface area contributed by atoms with E-state index in [2.05, 4.69) is 10.4 Å². The first-order valence-electron chi connectivity index (χ1n) is 12.1. The molecule has 0 radical (unpaired) electrons. The third-order valence-electron chi connectivity index (χ3n) is 6.74. The molecule has 1 saturated carbocycles. The highest BCUT2D eigenvalue weighted by Gasteiger charge is 2.29. The number of rotatable bonds is 9. The van der Waals surface area contributed by atoms with Gasteiger partial charge in [0.05, 0.1) is 11.4 Å². The minimum absolute atomic E-state index is 0.0231. The molecule has 1 amide bonds. The molecule has 4 rings (SSSR count). The summed E-state index contributed by atoms with van der Waals surface area (Å²) in [5.41, 5.74) is 1.26. The Kier molecular flexibility index (Phi) is 8.16. The Morgan fingerprint density at radius 2 is 1.76 bits per heavy atom. The van der Waals surface area contributed by atoms with Crippen LogP contribution in [0.4, 0.5) is 0 Å². The molecule has 9 heteroatoms. The van der Waals surface area contributed by atoms with Crippen LogP contribution in [0, 0.1) is 0 Å². The van der Waals surface area contributed by atoms with E-state index in [1.165, 1.54) is 37.7 Å². The minimum atomic E-state index is -3.50. The van der Waals surface area contributed by atoms with E-state index in [0.717, 1.165) is 13.0 Å². The largest absolute Gasteiger partial charge is 0.355 e. The van der Waals surface area contributed by atoms with Gasteiger partial charge in [0.1, 0.15) is 0 Å². The average molecular weight is 474 g/mol. The maximum absolute atomic E-state index is 13.1. The third-order valence-corrected chi connectivity index (χ3v) is 8.65. The van der Waals surface area contributed by atoms with Crippen molar-refractivity contribution >= 4 is 15.9 Å². The highest BCUT2D eigenvalue weighted by molar-refractivity contribution is 7.89. The first-order chi connectivity index (χ1) is 16.0. The van der Waals surface area contributed by atoms with Crippen LogP contribution in [0.25, 0.3) is 0 Å². The van der Waals surface area contributed by atoms with Gasteiger partial charge >= 0.3 is 0 Å². The monoisotopic (exact) mass is 473 g/mol. The Bertz CT molecular complexity index is 978. The first kappa shape index (κ1) is 23.9. The number of aryl methyl sites for hydroxylation is 1. The second kappa shape index (κ2) is 11.3. The fourth-order valence-corrected chi connectivity index (χ4v) is 6.21. The van der Waals surface area contributed by atoms with Crippen molar-refractivity contribution in [3.8, 4) is 0 Å². The molecule has 1 aliphatic heterocycles. The molecule has 1 saturated heterocycles. The molecule has 2 aliphatic rings. The number of sulfonamides is 1. The van der Waals surface area contributed by atoms with Crippen molar-refractivity contribution in [1.29, 1.82) is 0 Å². The van der Waals surface area contributed by atoms with Gasteiger partial charge in [-0.05, 0) is 48.9 Å². The molecule has 1 aromatic heterocycles. The number of benzene rings is 1. The van der Waals surface area contributed by atoms with Gasteiger partial charge in [-0.1, -0.05) is 31.4 Å². The lowest BCUT2D eigenvalue weighted by Crippen LogP contribution is -2.51. The van der Waals surface area contributed by atoms with Gasteiger partial charge < -0.3 is 5.32 Å². The average Bonchev–Trinajstić information content (AvgIpc) is 3.36. The van der Waals surface area contributed by atoms with Crippen molar-refractivity contribution < 1.29 is 13.2 Å². The molecule has 0 unspecified atom stereocenters. The van der Waals surface area contributed by atoms with E-state index < -0.39 is 10.0 Å².